The first-order valence-corrected chi connectivity index (χ1v) is 14.7. The molecular formula is C36H33N3S. The summed E-state index contributed by atoms with van der Waals surface area (Å²) >= 11 is 1.85. The molecule has 0 N–H and O–H groups in total. The maximum Gasteiger partial charge on any atom is 0.0950 e. The van der Waals surface area contributed by atoms with Crippen LogP contribution in [0.5, 0.6) is 0 Å². The van der Waals surface area contributed by atoms with Crippen molar-refractivity contribution >= 4 is 50.6 Å². The molecule has 5 aromatic carbocycles. The minimum absolute atomic E-state index is 0.0452. The Hall–Kier alpha value is -4.15. The van der Waals surface area contributed by atoms with Gasteiger partial charge in [0.05, 0.1) is 29.1 Å². The number of aromatic nitrogens is 1. The molecule has 0 spiro atoms. The second-order valence-corrected chi connectivity index (χ2v) is 12.8. The number of rotatable bonds is 4. The molecule has 0 atom stereocenters. The fraction of sp³-hybridized carbons (Fsp3) is 0.167. The first-order chi connectivity index (χ1) is 19.4. The highest BCUT2D eigenvalue weighted by atomic mass is 32.2. The minimum Gasteiger partial charge on any atom is -0.355 e. The van der Waals surface area contributed by atoms with Gasteiger partial charge < -0.3 is 14.4 Å². The molecule has 1 aliphatic heterocycles. The molecule has 0 bridgehead atoms. The minimum atomic E-state index is 0.0452. The highest BCUT2D eigenvalue weighted by molar-refractivity contribution is 7.99. The first-order valence-electron chi connectivity index (χ1n) is 13.9. The van der Waals surface area contributed by atoms with Gasteiger partial charge in [-0.25, -0.2) is 0 Å². The Balaban J connectivity index is 1.33. The van der Waals surface area contributed by atoms with E-state index in [0.29, 0.717) is 0 Å². The molecule has 0 radical (unpaired) electrons. The lowest BCUT2D eigenvalue weighted by atomic mass is 9.87. The number of para-hydroxylation sites is 4. The van der Waals surface area contributed by atoms with Crippen molar-refractivity contribution in [2.75, 3.05) is 23.5 Å². The summed E-state index contributed by atoms with van der Waals surface area (Å²) in [6.45, 7) is 7.75. The third-order valence-corrected chi connectivity index (χ3v) is 8.86. The second-order valence-electron chi connectivity index (χ2n) is 11.7. The fourth-order valence-corrected chi connectivity index (χ4v) is 6.79. The van der Waals surface area contributed by atoms with Crippen LogP contribution in [0.1, 0.15) is 26.3 Å². The van der Waals surface area contributed by atoms with E-state index in [4.69, 9.17) is 0 Å². The highest BCUT2D eigenvalue weighted by Crippen LogP contribution is 2.43. The van der Waals surface area contributed by atoms with Crippen molar-refractivity contribution in [3.05, 3.63) is 121 Å². The predicted octanol–water partition coefficient (Wildman–Crippen LogP) is 9.78. The highest BCUT2D eigenvalue weighted by Gasteiger charge is 2.26. The Morgan fingerprint density at radius 2 is 1.30 bits per heavy atom. The third kappa shape index (κ3) is 4.24. The van der Waals surface area contributed by atoms with Gasteiger partial charge >= 0.3 is 0 Å². The molecule has 0 saturated carbocycles. The van der Waals surface area contributed by atoms with E-state index < -0.39 is 0 Å². The molecule has 198 valence electrons. The predicted molar refractivity (Wildman–Crippen MR) is 172 cm³/mol. The molecule has 1 aromatic heterocycles. The van der Waals surface area contributed by atoms with Gasteiger partial charge in [-0.05, 0) is 77.7 Å². The summed E-state index contributed by atoms with van der Waals surface area (Å²) in [5, 5.41) is 2.57. The van der Waals surface area contributed by atoms with Gasteiger partial charge in [0.15, 0.2) is 0 Å². The van der Waals surface area contributed by atoms with E-state index in [1.807, 2.05) is 11.8 Å². The molecule has 40 heavy (non-hydrogen) atoms. The van der Waals surface area contributed by atoms with Crippen LogP contribution in [0.25, 0.3) is 27.5 Å². The van der Waals surface area contributed by atoms with E-state index >= 15 is 0 Å². The zero-order valence-corrected chi connectivity index (χ0v) is 24.2. The summed E-state index contributed by atoms with van der Waals surface area (Å²) in [6.07, 6.45) is 0. The molecule has 1 aliphatic rings. The lowest BCUT2D eigenvalue weighted by molar-refractivity contribution is 0.588. The van der Waals surface area contributed by atoms with E-state index in [1.54, 1.807) is 0 Å². The maximum atomic E-state index is 2.44. The van der Waals surface area contributed by atoms with Gasteiger partial charge in [0, 0.05) is 39.0 Å². The van der Waals surface area contributed by atoms with E-state index in [1.165, 1.54) is 59.9 Å². The summed E-state index contributed by atoms with van der Waals surface area (Å²) < 4.78 is 2.37. The smallest absolute Gasteiger partial charge is 0.0950 e. The van der Waals surface area contributed by atoms with E-state index in [9.17, 15) is 0 Å². The van der Waals surface area contributed by atoms with Crippen LogP contribution in [0.15, 0.2) is 125 Å². The van der Waals surface area contributed by atoms with Crippen molar-refractivity contribution in [3.8, 4) is 5.69 Å². The number of fused-ring (bicyclic) bond motifs is 4. The second kappa shape index (κ2) is 9.50. The molecule has 0 fully saturated rings. The molecule has 3 nitrogen and oxygen atoms in total. The third-order valence-electron chi connectivity index (χ3n) is 7.90. The van der Waals surface area contributed by atoms with Gasteiger partial charge in [-0.2, -0.15) is 0 Å². The monoisotopic (exact) mass is 539 g/mol. The van der Waals surface area contributed by atoms with Crippen LogP contribution in [0.3, 0.4) is 0 Å². The summed E-state index contributed by atoms with van der Waals surface area (Å²) in [4.78, 5) is 7.27. The SMILES string of the molecule is CN1CN(c2cc(Sc3ccc4c(c3)c3ccccc3n4-c3ccccc3)cc(C(C)(C)C)c2)c2ccccc21. The van der Waals surface area contributed by atoms with Gasteiger partial charge in [-0.15, -0.1) is 0 Å². The van der Waals surface area contributed by atoms with Crippen LogP contribution >= 0.6 is 11.8 Å². The van der Waals surface area contributed by atoms with Crippen LogP contribution < -0.4 is 9.80 Å². The Bertz CT molecular complexity index is 1860. The number of hydrogen-bond donors (Lipinski definition) is 0. The lowest BCUT2D eigenvalue weighted by Gasteiger charge is -2.25. The average molecular weight is 540 g/mol. The summed E-state index contributed by atoms with van der Waals surface area (Å²) in [6, 6.07) is 42.1. The quantitative estimate of drug-likeness (QED) is 0.221. The van der Waals surface area contributed by atoms with Crippen molar-refractivity contribution in [1.29, 1.82) is 0 Å². The number of nitrogens with zero attached hydrogens (tertiary/aromatic N) is 3. The van der Waals surface area contributed by atoms with Crippen molar-refractivity contribution < 1.29 is 0 Å². The Morgan fingerprint density at radius 3 is 2.10 bits per heavy atom. The van der Waals surface area contributed by atoms with Crippen molar-refractivity contribution in [2.45, 2.75) is 36.0 Å². The van der Waals surface area contributed by atoms with Gasteiger partial charge in [-0.3, -0.25) is 0 Å². The summed E-state index contributed by atoms with van der Waals surface area (Å²) in [5.41, 5.74) is 8.84. The van der Waals surface area contributed by atoms with Gasteiger partial charge in [0.2, 0.25) is 0 Å². The zero-order valence-electron chi connectivity index (χ0n) is 23.4. The van der Waals surface area contributed by atoms with Crippen molar-refractivity contribution in [2.24, 2.45) is 0 Å². The standard InChI is InChI=1S/C36H33N3S/c1-36(2,3)25-20-27(38-24-37(4)34-16-10-11-17-35(34)38)22-29(21-25)40-28-18-19-33-31(23-28)30-14-8-9-15-32(30)39(33)26-12-6-5-7-13-26/h5-23H,24H2,1-4H3. The molecule has 6 aromatic rings. The molecule has 7 rings (SSSR count). The molecule has 2 heterocycles. The fourth-order valence-electron chi connectivity index (χ4n) is 5.84. The molecule has 0 aliphatic carbocycles. The topological polar surface area (TPSA) is 11.4 Å². The Kier molecular flexibility index (Phi) is 5.90. The molecule has 0 unspecified atom stereocenters. The van der Waals surface area contributed by atoms with E-state index in [2.05, 4.69) is 157 Å². The van der Waals surface area contributed by atoms with E-state index in [-0.39, 0.29) is 5.41 Å². The number of benzene rings is 5. The normalized spacial score (nSPS) is 13.4. The lowest BCUT2D eigenvalue weighted by Crippen LogP contribution is -2.24. The number of anilines is 3. The van der Waals surface area contributed by atoms with Crippen LogP contribution in [0.4, 0.5) is 17.1 Å². The van der Waals surface area contributed by atoms with Crippen molar-refractivity contribution in [3.63, 3.8) is 0 Å². The van der Waals surface area contributed by atoms with Crippen molar-refractivity contribution in [1.82, 2.24) is 4.57 Å². The summed E-state index contributed by atoms with van der Waals surface area (Å²) in [7, 11) is 2.17. The molecule has 0 saturated heterocycles. The molecule has 4 heteroatoms. The average Bonchev–Trinajstić information content (AvgIpc) is 3.48. The van der Waals surface area contributed by atoms with E-state index in [0.717, 1.165) is 6.67 Å². The van der Waals surface area contributed by atoms with Crippen LogP contribution in [-0.4, -0.2) is 18.3 Å². The van der Waals surface area contributed by atoms with Crippen LogP contribution in [-0.2, 0) is 5.41 Å². The molecule has 0 amide bonds. The zero-order chi connectivity index (χ0) is 27.4. The number of hydrogen-bond acceptors (Lipinski definition) is 3. The molecular weight excluding hydrogens is 506 g/mol. The summed E-state index contributed by atoms with van der Waals surface area (Å²) in [5.74, 6) is 0. The Labute approximate surface area is 240 Å². The van der Waals surface area contributed by atoms with Gasteiger partial charge in [0.1, 0.15) is 0 Å². The van der Waals surface area contributed by atoms with Gasteiger partial charge in [-0.1, -0.05) is 81.1 Å². The Morgan fingerprint density at radius 1 is 0.600 bits per heavy atom. The largest absolute Gasteiger partial charge is 0.355 e. The van der Waals surface area contributed by atoms with Crippen LogP contribution in [0, 0.1) is 0 Å². The van der Waals surface area contributed by atoms with Crippen LogP contribution in [0.2, 0.25) is 0 Å². The van der Waals surface area contributed by atoms with Gasteiger partial charge in [0.25, 0.3) is 0 Å². The maximum absolute atomic E-state index is 2.44. The first kappa shape index (κ1) is 24.9.